The molecule has 0 aliphatic carbocycles. The van der Waals surface area contributed by atoms with Crippen LogP contribution >= 0.6 is 0 Å². The number of rotatable bonds is 7. The summed E-state index contributed by atoms with van der Waals surface area (Å²) < 4.78 is 16.6. The zero-order chi connectivity index (χ0) is 26.9. The van der Waals surface area contributed by atoms with Crippen LogP contribution in [0.3, 0.4) is 0 Å². The van der Waals surface area contributed by atoms with Crippen LogP contribution in [0.25, 0.3) is 54.7 Å². The Labute approximate surface area is 235 Å². The molecule has 0 saturated carbocycles. The lowest BCUT2D eigenvalue weighted by Gasteiger charge is -2.41. The molecule has 4 aromatic carbocycles. The molecule has 0 radical (unpaired) electrons. The van der Waals surface area contributed by atoms with Crippen LogP contribution in [0.1, 0.15) is 26.7 Å². The number of hydrogen-bond acceptors (Lipinski definition) is 2. The zero-order valence-electron chi connectivity index (χ0n) is 23.5. The van der Waals surface area contributed by atoms with Gasteiger partial charge in [-0.3, -0.25) is 0 Å². The van der Waals surface area contributed by atoms with E-state index in [2.05, 4.69) is 108 Å². The highest BCUT2D eigenvalue weighted by Crippen LogP contribution is 2.43. The normalized spacial score (nSPS) is 17.9. The zero-order valence-corrected chi connectivity index (χ0v) is 23.5. The molecule has 0 bridgehead atoms. The second-order valence-corrected chi connectivity index (χ2v) is 12.3. The van der Waals surface area contributed by atoms with E-state index in [1.165, 1.54) is 54.7 Å². The summed E-state index contributed by atoms with van der Waals surface area (Å²) in [5, 5.41) is 5.32. The molecule has 0 amide bonds. The highest BCUT2D eigenvalue weighted by Gasteiger charge is 2.39. The molecular formula is C36H36N2O2. The molecule has 0 atom stereocenters. The van der Waals surface area contributed by atoms with E-state index in [-0.39, 0.29) is 10.8 Å². The van der Waals surface area contributed by atoms with Gasteiger partial charge in [0.25, 0.3) is 0 Å². The van der Waals surface area contributed by atoms with E-state index >= 15 is 0 Å². The molecule has 2 aliphatic rings. The van der Waals surface area contributed by atoms with Crippen molar-refractivity contribution < 1.29 is 9.47 Å². The van der Waals surface area contributed by atoms with E-state index in [4.69, 9.17) is 9.47 Å². The molecule has 0 unspecified atom stereocenters. The van der Waals surface area contributed by atoms with Crippen molar-refractivity contribution in [2.24, 2.45) is 10.8 Å². The quantitative estimate of drug-likeness (QED) is 0.208. The minimum atomic E-state index is 0.208. The molecule has 4 heterocycles. The van der Waals surface area contributed by atoms with Gasteiger partial charge in [-0.15, -0.1) is 0 Å². The maximum atomic E-state index is 5.74. The molecule has 4 heteroatoms. The van der Waals surface area contributed by atoms with E-state index in [0.29, 0.717) is 0 Å². The number of para-hydroxylation sites is 3. The Kier molecular flexibility index (Phi) is 5.42. The third-order valence-electron chi connectivity index (χ3n) is 9.99. The number of nitrogens with zero attached hydrogens (tertiary/aromatic N) is 2. The fourth-order valence-corrected chi connectivity index (χ4v) is 7.16. The Morgan fingerprint density at radius 3 is 1.75 bits per heavy atom. The van der Waals surface area contributed by atoms with Gasteiger partial charge in [0.15, 0.2) is 0 Å². The fourth-order valence-electron chi connectivity index (χ4n) is 7.16. The monoisotopic (exact) mass is 528 g/mol. The SMILES string of the molecule is CCC1(Cn2c3ccccc3c3cc(-c4cccc5c6ccccc6n(CC6(CC)COC6)c45)ccc32)COC1. The van der Waals surface area contributed by atoms with Crippen molar-refractivity contribution in [1.29, 1.82) is 0 Å². The molecule has 2 aromatic heterocycles. The Morgan fingerprint density at radius 2 is 1.12 bits per heavy atom. The molecule has 2 fully saturated rings. The Bertz CT molecular complexity index is 1890. The smallest absolute Gasteiger partial charge is 0.0571 e. The molecule has 2 aliphatic heterocycles. The Hall–Kier alpha value is -3.60. The van der Waals surface area contributed by atoms with Gasteiger partial charge in [-0.1, -0.05) is 74.5 Å². The van der Waals surface area contributed by atoms with Crippen LogP contribution in [0.5, 0.6) is 0 Å². The highest BCUT2D eigenvalue weighted by molar-refractivity contribution is 6.14. The average molecular weight is 529 g/mol. The third kappa shape index (κ3) is 3.45. The summed E-state index contributed by atoms with van der Waals surface area (Å²) in [6.45, 7) is 9.97. The van der Waals surface area contributed by atoms with Crippen molar-refractivity contribution >= 4 is 43.6 Å². The van der Waals surface area contributed by atoms with E-state index in [1.807, 2.05) is 0 Å². The molecule has 0 N–H and O–H groups in total. The van der Waals surface area contributed by atoms with Crippen molar-refractivity contribution in [2.75, 3.05) is 26.4 Å². The van der Waals surface area contributed by atoms with E-state index in [0.717, 1.165) is 52.4 Å². The summed E-state index contributed by atoms with van der Waals surface area (Å²) >= 11 is 0. The van der Waals surface area contributed by atoms with Crippen LogP contribution in [-0.2, 0) is 22.6 Å². The lowest BCUT2D eigenvalue weighted by atomic mass is 9.83. The maximum absolute atomic E-state index is 5.74. The van der Waals surface area contributed by atoms with Gasteiger partial charge in [-0.2, -0.15) is 0 Å². The lowest BCUT2D eigenvalue weighted by Crippen LogP contribution is -2.45. The molecule has 0 spiro atoms. The minimum absolute atomic E-state index is 0.208. The summed E-state index contributed by atoms with van der Waals surface area (Å²) in [6.07, 6.45) is 2.26. The second kappa shape index (κ2) is 8.95. The van der Waals surface area contributed by atoms with E-state index in [9.17, 15) is 0 Å². The number of hydrogen-bond donors (Lipinski definition) is 0. The van der Waals surface area contributed by atoms with Crippen LogP contribution in [0, 0.1) is 10.8 Å². The summed E-state index contributed by atoms with van der Waals surface area (Å²) in [6, 6.07) is 31.8. The van der Waals surface area contributed by atoms with Crippen molar-refractivity contribution in [3.8, 4) is 11.1 Å². The fraction of sp³-hybridized carbons (Fsp3) is 0.333. The standard InChI is InChI=1S/C36H36N2O2/c1-3-35(21-39-22-35)19-37-31-14-7-6-11-28(31)30-18-25(16-17-33(30)37)26-12-9-13-29-27-10-5-8-15-32(27)38(34(26)29)20-36(4-2)23-40-24-36/h5-18H,3-4,19-24H2,1-2H3. The number of fused-ring (bicyclic) bond motifs is 6. The summed E-state index contributed by atoms with van der Waals surface area (Å²) in [7, 11) is 0. The predicted octanol–water partition coefficient (Wildman–Crippen LogP) is 8.42. The predicted molar refractivity (Wildman–Crippen MR) is 165 cm³/mol. The average Bonchev–Trinajstić information content (AvgIpc) is 3.45. The van der Waals surface area contributed by atoms with Gasteiger partial charge in [-0.05, 0) is 42.7 Å². The summed E-state index contributed by atoms with van der Waals surface area (Å²) in [5.41, 5.74) is 8.30. The van der Waals surface area contributed by atoms with E-state index < -0.39 is 0 Å². The summed E-state index contributed by atoms with van der Waals surface area (Å²) in [4.78, 5) is 0. The van der Waals surface area contributed by atoms with Crippen LogP contribution in [-0.4, -0.2) is 35.6 Å². The van der Waals surface area contributed by atoms with Crippen LogP contribution in [0.15, 0.2) is 84.9 Å². The lowest BCUT2D eigenvalue weighted by molar-refractivity contribution is -0.122. The van der Waals surface area contributed by atoms with Crippen LogP contribution in [0.2, 0.25) is 0 Å². The first kappa shape index (κ1) is 24.2. The number of aromatic nitrogens is 2. The molecule has 40 heavy (non-hydrogen) atoms. The Balaban J connectivity index is 1.35. The number of ether oxygens (including phenoxy) is 2. The molecule has 8 rings (SSSR count). The van der Waals surface area contributed by atoms with Gasteiger partial charge >= 0.3 is 0 Å². The highest BCUT2D eigenvalue weighted by atomic mass is 16.5. The van der Waals surface area contributed by atoms with Crippen LogP contribution in [0.4, 0.5) is 0 Å². The third-order valence-corrected chi connectivity index (χ3v) is 9.99. The largest absolute Gasteiger partial charge is 0.380 e. The molecule has 202 valence electrons. The molecule has 6 aromatic rings. The topological polar surface area (TPSA) is 28.3 Å². The van der Waals surface area contributed by atoms with Crippen molar-refractivity contribution in [2.45, 2.75) is 39.8 Å². The van der Waals surface area contributed by atoms with Crippen molar-refractivity contribution in [3.63, 3.8) is 0 Å². The summed E-state index contributed by atoms with van der Waals surface area (Å²) in [5.74, 6) is 0. The van der Waals surface area contributed by atoms with Gasteiger partial charge in [0.1, 0.15) is 0 Å². The van der Waals surface area contributed by atoms with Crippen molar-refractivity contribution in [1.82, 2.24) is 9.13 Å². The van der Waals surface area contributed by atoms with Gasteiger partial charge in [0.05, 0.1) is 31.9 Å². The van der Waals surface area contributed by atoms with E-state index in [1.54, 1.807) is 0 Å². The van der Waals surface area contributed by atoms with Gasteiger partial charge < -0.3 is 18.6 Å². The first-order valence-electron chi connectivity index (χ1n) is 14.8. The number of benzene rings is 4. The van der Waals surface area contributed by atoms with Crippen molar-refractivity contribution in [3.05, 3.63) is 84.9 Å². The minimum Gasteiger partial charge on any atom is -0.380 e. The first-order valence-corrected chi connectivity index (χ1v) is 14.8. The Morgan fingerprint density at radius 1 is 0.575 bits per heavy atom. The first-order chi connectivity index (χ1) is 19.6. The van der Waals surface area contributed by atoms with Crippen LogP contribution < -0.4 is 0 Å². The van der Waals surface area contributed by atoms with Gasteiger partial charge in [0.2, 0.25) is 0 Å². The molecule has 4 nitrogen and oxygen atoms in total. The maximum Gasteiger partial charge on any atom is 0.0571 e. The molecular weight excluding hydrogens is 492 g/mol. The second-order valence-electron chi connectivity index (χ2n) is 12.3. The molecule has 2 saturated heterocycles. The van der Waals surface area contributed by atoms with Gasteiger partial charge in [-0.25, -0.2) is 0 Å². The van der Waals surface area contributed by atoms with Gasteiger partial charge in [0, 0.05) is 67.6 Å².